The van der Waals surface area contributed by atoms with Gasteiger partial charge in [0.2, 0.25) is 0 Å². The number of primary amides is 1. The van der Waals surface area contributed by atoms with E-state index >= 15 is 0 Å². The maximum atomic E-state index is 12.0. The molecule has 0 unspecified atom stereocenters. The van der Waals surface area contributed by atoms with Crippen LogP contribution in [0.2, 0.25) is 0 Å². The number of amides is 1. The largest absolute Gasteiger partial charge is 0.366 e. The van der Waals surface area contributed by atoms with Gasteiger partial charge in [0.05, 0.1) is 11.3 Å². The molecule has 0 aliphatic carbocycles. The van der Waals surface area contributed by atoms with E-state index < -0.39 is 0 Å². The first-order valence-corrected chi connectivity index (χ1v) is 8.98. The van der Waals surface area contributed by atoms with E-state index in [2.05, 4.69) is 63.8 Å². The van der Waals surface area contributed by atoms with Gasteiger partial charge in [-0.05, 0) is 49.6 Å². The fourth-order valence-corrected chi connectivity index (χ4v) is 3.69. The first-order valence-electron chi connectivity index (χ1n) is 8.19. The SMILES string of the molecule is Cc1cccc(Cn2c(C)c(C(N)=O)c(C)c2-c2ccc(Br)cc2)c1. The van der Waals surface area contributed by atoms with Crippen molar-refractivity contribution in [2.45, 2.75) is 27.3 Å². The van der Waals surface area contributed by atoms with Crippen molar-refractivity contribution in [1.82, 2.24) is 4.57 Å². The van der Waals surface area contributed by atoms with Crippen LogP contribution < -0.4 is 5.73 Å². The summed E-state index contributed by atoms with van der Waals surface area (Å²) in [4.78, 5) is 12.0. The Bertz CT molecular complexity index is 939. The molecule has 2 aromatic carbocycles. The molecule has 3 nitrogen and oxygen atoms in total. The first-order chi connectivity index (χ1) is 11.9. The van der Waals surface area contributed by atoms with E-state index in [1.165, 1.54) is 11.1 Å². The summed E-state index contributed by atoms with van der Waals surface area (Å²) in [5.41, 5.74) is 12.6. The lowest BCUT2D eigenvalue weighted by molar-refractivity contribution is 0.0999. The Morgan fingerprint density at radius 2 is 1.76 bits per heavy atom. The van der Waals surface area contributed by atoms with Gasteiger partial charge in [0, 0.05) is 16.7 Å². The summed E-state index contributed by atoms with van der Waals surface area (Å²) in [7, 11) is 0. The molecule has 1 aromatic heterocycles. The van der Waals surface area contributed by atoms with Crippen molar-refractivity contribution in [3.8, 4) is 11.3 Å². The highest BCUT2D eigenvalue weighted by Gasteiger charge is 2.22. The van der Waals surface area contributed by atoms with E-state index in [4.69, 9.17) is 5.73 Å². The predicted octanol–water partition coefficient (Wildman–Crippen LogP) is 4.99. The zero-order valence-corrected chi connectivity index (χ0v) is 16.2. The number of benzene rings is 2. The van der Waals surface area contributed by atoms with Gasteiger partial charge in [-0.15, -0.1) is 0 Å². The summed E-state index contributed by atoms with van der Waals surface area (Å²) in [6, 6.07) is 16.6. The summed E-state index contributed by atoms with van der Waals surface area (Å²) < 4.78 is 3.21. The second-order valence-electron chi connectivity index (χ2n) is 6.38. The Labute approximate surface area is 156 Å². The average Bonchev–Trinajstić information content (AvgIpc) is 2.79. The fraction of sp³-hybridized carbons (Fsp3) is 0.190. The van der Waals surface area contributed by atoms with Crippen LogP contribution in [-0.2, 0) is 6.54 Å². The summed E-state index contributed by atoms with van der Waals surface area (Å²) in [5.74, 6) is -0.378. The molecule has 2 N–H and O–H groups in total. The van der Waals surface area contributed by atoms with Gasteiger partial charge in [-0.1, -0.05) is 57.9 Å². The Kier molecular flexibility index (Phi) is 4.82. The molecule has 0 saturated carbocycles. The maximum Gasteiger partial charge on any atom is 0.250 e. The molecule has 0 radical (unpaired) electrons. The Morgan fingerprint density at radius 3 is 2.36 bits per heavy atom. The van der Waals surface area contributed by atoms with Crippen LogP contribution in [0.25, 0.3) is 11.3 Å². The van der Waals surface area contributed by atoms with E-state index in [-0.39, 0.29) is 5.91 Å². The van der Waals surface area contributed by atoms with Gasteiger partial charge in [0.15, 0.2) is 0 Å². The van der Waals surface area contributed by atoms with Crippen molar-refractivity contribution >= 4 is 21.8 Å². The van der Waals surface area contributed by atoms with Gasteiger partial charge in [-0.25, -0.2) is 0 Å². The molecule has 0 aliphatic rings. The van der Waals surface area contributed by atoms with Gasteiger partial charge >= 0.3 is 0 Å². The normalized spacial score (nSPS) is 10.9. The number of halogens is 1. The van der Waals surface area contributed by atoms with E-state index in [0.29, 0.717) is 12.1 Å². The van der Waals surface area contributed by atoms with Gasteiger partial charge in [0.1, 0.15) is 0 Å². The van der Waals surface area contributed by atoms with Gasteiger partial charge in [-0.3, -0.25) is 4.79 Å². The lowest BCUT2D eigenvalue weighted by Gasteiger charge is -2.13. The number of hydrogen-bond donors (Lipinski definition) is 1. The molecule has 1 heterocycles. The van der Waals surface area contributed by atoms with Crippen LogP contribution in [0.3, 0.4) is 0 Å². The van der Waals surface area contributed by atoms with Crippen molar-refractivity contribution in [2.24, 2.45) is 5.73 Å². The number of aryl methyl sites for hydroxylation is 1. The third kappa shape index (κ3) is 3.40. The van der Waals surface area contributed by atoms with Gasteiger partial charge in [-0.2, -0.15) is 0 Å². The third-order valence-corrected chi connectivity index (χ3v) is 5.08. The predicted molar refractivity (Wildman–Crippen MR) is 106 cm³/mol. The summed E-state index contributed by atoms with van der Waals surface area (Å²) in [6.45, 7) is 6.72. The monoisotopic (exact) mass is 396 g/mol. The minimum Gasteiger partial charge on any atom is -0.366 e. The molecule has 0 aliphatic heterocycles. The number of carbonyl (C=O) groups is 1. The minimum atomic E-state index is -0.378. The van der Waals surface area contributed by atoms with E-state index in [1.807, 2.05) is 26.0 Å². The number of hydrogen-bond acceptors (Lipinski definition) is 1. The summed E-state index contributed by atoms with van der Waals surface area (Å²) >= 11 is 3.48. The van der Waals surface area contributed by atoms with Gasteiger partial charge in [0.25, 0.3) is 5.91 Å². The van der Waals surface area contributed by atoms with Crippen LogP contribution in [0, 0.1) is 20.8 Å². The molecule has 0 spiro atoms. The van der Waals surface area contributed by atoms with Crippen LogP contribution in [0.5, 0.6) is 0 Å². The van der Waals surface area contributed by atoms with Crippen LogP contribution in [-0.4, -0.2) is 10.5 Å². The van der Waals surface area contributed by atoms with Crippen LogP contribution in [0.1, 0.15) is 32.7 Å². The second kappa shape index (κ2) is 6.89. The smallest absolute Gasteiger partial charge is 0.250 e. The summed E-state index contributed by atoms with van der Waals surface area (Å²) in [6.07, 6.45) is 0. The van der Waals surface area contributed by atoms with Crippen molar-refractivity contribution in [1.29, 1.82) is 0 Å². The first kappa shape index (κ1) is 17.5. The molecular weight excluding hydrogens is 376 g/mol. The quantitative estimate of drug-likeness (QED) is 0.663. The molecule has 1 amide bonds. The van der Waals surface area contributed by atoms with Crippen LogP contribution >= 0.6 is 15.9 Å². The highest BCUT2D eigenvalue weighted by molar-refractivity contribution is 9.10. The number of aromatic nitrogens is 1. The minimum absolute atomic E-state index is 0.378. The zero-order chi connectivity index (χ0) is 18.1. The highest BCUT2D eigenvalue weighted by atomic mass is 79.9. The topological polar surface area (TPSA) is 48.0 Å². The van der Waals surface area contributed by atoms with Crippen LogP contribution in [0.15, 0.2) is 53.0 Å². The lowest BCUT2D eigenvalue weighted by atomic mass is 10.0. The van der Waals surface area contributed by atoms with Crippen molar-refractivity contribution < 1.29 is 4.79 Å². The van der Waals surface area contributed by atoms with Crippen molar-refractivity contribution in [3.63, 3.8) is 0 Å². The van der Waals surface area contributed by atoms with Crippen LogP contribution in [0.4, 0.5) is 0 Å². The molecule has 3 rings (SSSR count). The van der Waals surface area contributed by atoms with Gasteiger partial charge < -0.3 is 10.3 Å². The number of carbonyl (C=O) groups excluding carboxylic acids is 1. The molecule has 4 heteroatoms. The number of nitrogens with zero attached hydrogens (tertiary/aromatic N) is 1. The van der Waals surface area contributed by atoms with E-state index in [1.54, 1.807) is 0 Å². The lowest BCUT2D eigenvalue weighted by Crippen LogP contribution is -2.13. The molecule has 0 atom stereocenters. The Morgan fingerprint density at radius 1 is 1.08 bits per heavy atom. The number of rotatable bonds is 4. The molecule has 0 fully saturated rings. The molecule has 0 saturated heterocycles. The molecule has 3 aromatic rings. The Balaban J connectivity index is 2.20. The zero-order valence-electron chi connectivity index (χ0n) is 14.6. The molecule has 0 bridgehead atoms. The second-order valence-corrected chi connectivity index (χ2v) is 7.30. The molecule has 25 heavy (non-hydrogen) atoms. The molecular formula is C21H21BrN2O. The van der Waals surface area contributed by atoms with E-state index in [0.717, 1.165) is 27.0 Å². The summed E-state index contributed by atoms with van der Waals surface area (Å²) in [5, 5.41) is 0. The highest BCUT2D eigenvalue weighted by Crippen LogP contribution is 2.32. The number of nitrogens with two attached hydrogens (primary N) is 1. The third-order valence-electron chi connectivity index (χ3n) is 4.55. The Hall–Kier alpha value is -2.33. The standard InChI is InChI=1S/C21H21BrN2O/c1-13-5-4-6-16(11-13)12-24-15(3)19(21(23)25)14(2)20(24)17-7-9-18(22)10-8-17/h4-11H,12H2,1-3H3,(H2,23,25). The maximum absolute atomic E-state index is 12.0. The van der Waals surface area contributed by atoms with E-state index in [9.17, 15) is 4.79 Å². The van der Waals surface area contributed by atoms with Crippen molar-refractivity contribution in [3.05, 3.63) is 81.0 Å². The molecule has 128 valence electrons. The fourth-order valence-electron chi connectivity index (χ4n) is 3.43. The average molecular weight is 397 g/mol. The van der Waals surface area contributed by atoms with Crippen molar-refractivity contribution in [2.75, 3.05) is 0 Å².